The van der Waals surface area contributed by atoms with Crippen LogP contribution in [0.1, 0.15) is 11.1 Å². The fraction of sp³-hybridized carbons (Fsp3) is 0.143. The molecule has 19 heavy (non-hydrogen) atoms. The molecule has 0 atom stereocenters. The van der Waals surface area contributed by atoms with Gasteiger partial charge in [-0.3, -0.25) is 0 Å². The van der Waals surface area contributed by atoms with Crippen molar-refractivity contribution < 1.29 is 9.13 Å². The van der Waals surface area contributed by atoms with Crippen LogP contribution in [0.2, 0.25) is 10.0 Å². The average molecular weight is 364 g/mol. The molecule has 0 aliphatic rings. The Morgan fingerprint density at radius 3 is 2.58 bits per heavy atom. The number of ether oxygens (including phenoxy) is 1. The largest absolute Gasteiger partial charge is 0.489 e. The Bertz CT molecular complexity index is 590. The molecule has 100 valence electrons. The summed E-state index contributed by atoms with van der Waals surface area (Å²) in [5.74, 6) is 0.330. The monoisotopic (exact) mass is 362 g/mol. The summed E-state index contributed by atoms with van der Waals surface area (Å²) < 4.78 is 18.8. The lowest BCUT2D eigenvalue weighted by Crippen LogP contribution is -1.99. The lowest BCUT2D eigenvalue weighted by atomic mass is 10.2. The van der Waals surface area contributed by atoms with Crippen molar-refractivity contribution in [1.82, 2.24) is 0 Å². The lowest BCUT2D eigenvalue weighted by molar-refractivity contribution is 0.303. The summed E-state index contributed by atoms with van der Waals surface area (Å²) in [6.07, 6.45) is 0. The van der Waals surface area contributed by atoms with E-state index in [0.717, 1.165) is 11.1 Å². The highest BCUT2D eigenvalue weighted by Crippen LogP contribution is 2.26. The quantitative estimate of drug-likeness (QED) is 0.642. The number of halogens is 4. The van der Waals surface area contributed by atoms with Crippen LogP contribution in [0.4, 0.5) is 4.39 Å². The molecule has 0 radical (unpaired) electrons. The van der Waals surface area contributed by atoms with E-state index >= 15 is 0 Å². The highest BCUT2D eigenvalue weighted by molar-refractivity contribution is 9.08. The van der Waals surface area contributed by atoms with Gasteiger partial charge in [-0.1, -0.05) is 39.1 Å². The molecule has 0 saturated heterocycles. The van der Waals surface area contributed by atoms with E-state index in [1.807, 2.05) is 0 Å². The first-order valence-corrected chi connectivity index (χ1v) is 7.39. The molecule has 2 aromatic rings. The van der Waals surface area contributed by atoms with E-state index in [1.54, 1.807) is 24.3 Å². The van der Waals surface area contributed by atoms with E-state index in [1.165, 1.54) is 12.1 Å². The molecule has 0 unspecified atom stereocenters. The predicted octanol–water partition coefficient (Wildman–Crippen LogP) is 5.61. The first kappa shape index (κ1) is 14.6. The van der Waals surface area contributed by atoms with Crippen LogP contribution in [0.15, 0.2) is 36.4 Å². The Labute approximate surface area is 129 Å². The number of alkyl halides is 1. The fourth-order valence-electron chi connectivity index (χ4n) is 1.60. The molecule has 0 bridgehead atoms. The first-order chi connectivity index (χ1) is 9.10. The van der Waals surface area contributed by atoms with Crippen molar-refractivity contribution in [2.24, 2.45) is 0 Å². The zero-order chi connectivity index (χ0) is 13.8. The molecule has 0 N–H and O–H groups in total. The smallest absolute Gasteiger partial charge is 0.124 e. The van der Waals surface area contributed by atoms with Gasteiger partial charge in [-0.15, -0.1) is 0 Å². The third-order valence-electron chi connectivity index (χ3n) is 2.56. The molecule has 2 aromatic carbocycles. The minimum atomic E-state index is -0.289. The van der Waals surface area contributed by atoms with Crippen LogP contribution in [0.5, 0.6) is 5.75 Å². The molecule has 1 nitrogen and oxygen atoms in total. The Morgan fingerprint density at radius 1 is 1.05 bits per heavy atom. The standard InChI is InChI=1S/C14H10BrCl2FO/c15-7-9-6-12(18)2-4-14(9)19-8-10-5-11(16)1-3-13(10)17/h1-6H,7-8H2. The molecule has 0 saturated carbocycles. The molecular weight excluding hydrogens is 354 g/mol. The maximum Gasteiger partial charge on any atom is 0.124 e. The Balaban J connectivity index is 2.16. The highest BCUT2D eigenvalue weighted by Gasteiger charge is 2.07. The number of hydrogen-bond donors (Lipinski definition) is 0. The van der Waals surface area contributed by atoms with Gasteiger partial charge in [0.1, 0.15) is 18.2 Å². The molecule has 0 fully saturated rings. The van der Waals surface area contributed by atoms with Gasteiger partial charge >= 0.3 is 0 Å². The second-order valence-electron chi connectivity index (χ2n) is 3.91. The second kappa shape index (κ2) is 6.60. The van der Waals surface area contributed by atoms with Crippen molar-refractivity contribution >= 4 is 39.1 Å². The van der Waals surface area contributed by atoms with Gasteiger partial charge in [0.05, 0.1) is 0 Å². The van der Waals surface area contributed by atoms with Gasteiger partial charge in [0, 0.05) is 26.5 Å². The van der Waals surface area contributed by atoms with Crippen LogP contribution in [0.3, 0.4) is 0 Å². The van der Waals surface area contributed by atoms with E-state index in [4.69, 9.17) is 27.9 Å². The Hall–Kier alpha value is -0.770. The summed E-state index contributed by atoms with van der Waals surface area (Å²) in [7, 11) is 0. The van der Waals surface area contributed by atoms with Gasteiger partial charge in [0.25, 0.3) is 0 Å². The lowest BCUT2D eigenvalue weighted by Gasteiger charge is -2.11. The number of rotatable bonds is 4. The summed E-state index contributed by atoms with van der Waals surface area (Å²) in [6, 6.07) is 9.59. The highest BCUT2D eigenvalue weighted by atomic mass is 79.9. The molecule has 0 aliphatic carbocycles. The molecule has 0 aliphatic heterocycles. The fourth-order valence-corrected chi connectivity index (χ4v) is 2.41. The van der Waals surface area contributed by atoms with E-state index < -0.39 is 0 Å². The third kappa shape index (κ3) is 3.85. The normalized spacial score (nSPS) is 10.5. The van der Waals surface area contributed by atoms with Crippen LogP contribution in [0.25, 0.3) is 0 Å². The van der Waals surface area contributed by atoms with Crippen molar-refractivity contribution in [2.45, 2.75) is 11.9 Å². The topological polar surface area (TPSA) is 9.23 Å². The maximum absolute atomic E-state index is 13.1. The van der Waals surface area contributed by atoms with Gasteiger partial charge in [0.15, 0.2) is 0 Å². The van der Waals surface area contributed by atoms with Gasteiger partial charge in [-0.2, -0.15) is 0 Å². The SMILES string of the molecule is Fc1ccc(OCc2cc(Cl)ccc2Cl)c(CBr)c1. The molecule has 0 aromatic heterocycles. The maximum atomic E-state index is 13.1. The van der Waals surface area contributed by atoms with Gasteiger partial charge < -0.3 is 4.74 Å². The number of benzene rings is 2. The first-order valence-electron chi connectivity index (χ1n) is 5.51. The van der Waals surface area contributed by atoms with Crippen molar-refractivity contribution in [1.29, 1.82) is 0 Å². The second-order valence-corrected chi connectivity index (χ2v) is 5.31. The summed E-state index contributed by atoms with van der Waals surface area (Å²) in [5.41, 5.74) is 1.54. The van der Waals surface area contributed by atoms with Crippen molar-refractivity contribution in [3.8, 4) is 5.75 Å². The molecule has 5 heteroatoms. The van der Waals surface area contributed by atoms with Gasteiger partial charge in [-0.25, -0.2) is 4.39 Å². The van der Waals surface area contributed by atoms with E-state index in [0.29, 0.717) is 21.1 Å². The van der Waals surface area contributed by atoms with E-state index in [-0.39, 0.29) is 12.4 Å². The molecular formula is C14H10BrCl2FO. The van der Waals surface area contributed by atoms with E-state index in [9.17, 15) is 4.39 Å². The minimum absolute atomic E-state index is 0.283. The van der Waals surface area contributed by atoms with Crippen LogP contribution in [-0.4, -0.2) is 0 Å². The number of hydrogen-bond acceptors (Lipinski definition) is 1. The minimum Gasteiger partial charge on any atom is -0.489 e. The molecule has 0 amide bonds. The van der Waals surface area contributed by atoms with Crippen molar-refractivity contribution in [3.63, 3.8) is 0 Å². The van der Waals surface area contributed by atoms with Crippen LogP contribution in [-0.2, 0) is 11.9 Å². The Morgan fingerprint density at radius 2 is 1.84 bits per heavy atom. The molecule has 0 heterocycles. The third-order valence-corrected chi connectivity index (χ3v) is 3.77. The van der Waals surface area contributed by atoms with Crippen LogP contribution in [0, 0.1) is 5.82 Å². The average Bonchev–Trinajstić information content (AvgIpc) is 2.40. The Kier molecular flexibility index (Phi) is 5.08. The van der Waals surface area contributed by atoms with E-state index in [2.05, 4.69) is 15.9 Å². The van der Waals surface area contributed by atoms with Crippen LogP contribution < -0.4 is 4.74 Å². The van der Waals surface area contributed by atoms with Crippen LogP contribution >= 0.6 is 39.1 Å². The molecule has 0 spiro atoms. The zero-order valence-corrected chi connectivity index (χ0v) is 12.9. The summed E-state index contributed by atoms with van der Waals surface area (Å²) >= 11 is 15.3. The van der Waals surface area contributed by atoms with Crippen molar-refractivity contribution in [3.05, 3.63) is 63.4 Å². The predicted molar refractivity (Wildman–Crippen MR) is 79.8 cm³/mol. The molecule has 2 rings (SSSR count). The summed E-state index contributed by atoms with van der Waals surface area (Å²) in [6.45, 7) is 0.283. The van der Waals surface area contributed by atoms with Gasteiger partial charge in [-0.05, 0) is 36.4 Å². The van der Waals surface area contributed by atoms with Gasteiger partial charge in [0.2, 0.25) is 0 Å². The zero-order valence-electron chi connectivity index (χ0n) is 9.80. The van der Waals surface area contributed by atoms with Crippen molar-refractivity contribution in [2.75, 3.05) is 0 Å². The summed E-state index contributed by atoms with van der Waals surface area (Å²) in [5, 5.41) is 1.71. The summed E-state index contributed by atoms with van der Waals surface area (Å²) in [4.78, 5) is 0.